The first-order valence-corrected chi connectivity index (χ1v) is 4.71. The molecule has 0 amide bonds. The number of hydrogen-bond donors (Lipinski definition) is 2. The van der Waals surface area contributed by atoms with Crippen molar-refractivity contribution in [2.75, 3.05) is 5.73 Å². The summed E-state index contributed by atoms with van der Waals surface area (Å²) in [6, 6.07) is 4.46. The summed E-state index contributed by atoms with van der Waals surface area (Å²) in [7, 11) is 0. The summed E-state index contributed by atoms with van der Waals surface area (Å²) in [5, 5.41) is 11.1. The van der Waals surface area contributed by atoms with Gasteiger partial charge in [0.1, 0.15) is 0 Å². The third-order valence-corrected chi connectivity index (χ3v) is 2.37. The Morgan fingerprint density at radius 1 is 1.50 bits per heavy atom. The maximum Gasteiger partial charge on any atom is 0.280 e. The molecule has 2 rings (SSSR count). The molecular weight excluding hydrogens is 232 g/mol. The second-order valence-electron chi connectivity index (χ2n) is 3.07. The number of aromatic amines is 1. The number of aromatic nitrogens is 2. The van der Waals surface area contributed by atoms with E-state index in [1.165, 1.54) is 18.3 Å². The molecule has 0 aliphatic rings. The third kappa shape index (κ3) is 1.70. The number of imidazole rings is 1. The van der Waals surface area contributed by atoms with Crippen LogP contribution in [0.25, 0.3) is 11.3 Å². The van der Waals surface area contributed by atoms with E-state index in [9.17, 15) is 10.1 Å². The molecule has 1 aromatic carbocycles. The normalized spacial score (nSPS) is 10.3. The lowest BCUT2D eigenvalue weighted by atomic mass is 10.1. The van der Waals surface area contributed by atoms with Gasteiger partial charge in [0, 0.05) is 6.07 Å². The molecule has 2 aromatic rings. The molecule has 0 unspecified atom stereocenters. The predicted octanol–water partition coefficient (Wildman–Crippen LogP) is 2.22. The third-order valence-electron chi connectivity index (χ3n) is 2.05. The standard InChI is InChI=1S/C9H7ClN4O2/c10-5-2-1-3-7(14(15)16)8(5)6-4-12-9(11)13-6/h1-4H,(H3,11,12,13). The SMILES string of the molecule is Nc1ncc(-c2c(Cl)cccc2[N+](=O)[O-])[nH]1. The fourth-order valence-electron chi connectivity index (χ4n) is 1.40. The van der Waals surface area contributed by atoms with Gasteiger partial charge in [0.2, 0.25) is 0 Å². The van der Waals surface area contributed by atoms with Crippen molar-refractivity contribution in [3.8, 4) is 11.3 Å². The Labute approximate surface area is 95.2 Å². The van der Waals surface area contributed by atoms with Crippen molar-refractivity contribution in [3.05, 3.63) is 39.5 Å². The van der Waals surface area contributed by atoms with E-state index in [2.05, 4.69) is 9.97 Å². The second-order valence-corrected chi connectivity index (χ2v) is 3.48. The minimum Gasteiger partial charge on any atom is -0.369 e. The van der Waals surface area contributed by atoms with Crippen LogP contribution in [0.3, 0.4) is 0 Å². The maximum absolute atomic E-state index is 10.8. The average molecular weight is 239 g/mol. The van der Waals surface area contributed by atoms with Crippen LogP contribution in [0.1, 0.15) is 0 Å². The molecule has 0 spiro atoms. The number of nitrogen functional groups attached to an aromatic ring is 1. The molecule has 0 bridgehead atoms. The molecule has 0 saturated heterocycles. The summed E-state index contributed by atoms with van der Waals surface area (Å²) in [4.78, 5) is 16.8. The zero-order valence-electron chi connectivity index (χ0n) is 7.98. The number of nitrogens with zero attached hydrogens (tertiary/aromatic N) is 2. The van der Waals surface area contributed by atoms with E-state index in [1.807, 2.05) is 0 Å². The number of nitrogens with one attached hydrogen (secondary N) is 1. The molecular formula is C9H7ClN4O2. The van der Waals surface area contributed by atoms with Gasteiger partial charge in [-0.25, -0.2) is 4.98 Å². The molecule has 82 valence electrons. The Kier molecular flexibility index (Phi) is 2.49. The lowest BCUT2D eigenvalue weighted by molar-refractivity contribution is -0.384. The molecule has 0 saturated carbocycles. The average Bonchev–Trinajstić information content (AvgIpc) is 2.64. The van der Waals surface area contributed by atoms with E-state index in [-0.39, 0.29) is 16.7 Å². The Bertz CT molecular complexity index is 552. The quantitative estimate of drug-likeness (QED) is 0.619. The van der Waals surface area contributed by atoms with Crippen LogP contribution in [0.15, 0.2) is 24.4 Å². The lowest BCUT2D eigenvalue weighted by Gasteiger charge is -2.02. The van der Waals surface area contributed by atoms with E-state index >= 15 is 0 Å². The number of anilines is 1. The van der Waals surface area contributed by atoms with Crippen LogP contribution >= 0.6 is 11.6 Å². The molecule has 0 aliphatic carbocycles. The van der Waals surface area contributed by atoms with Crippen LogP contribution in [0.4, 0.5) is 11.6 Å². The van der Waals surface area contributed by atoms with Gasteiger partial charge < -0.3 is 10.7 Å². The number of nitro benzene ring substituents is 1. The van der Waals surface area contributed by atoms with Crippen LogP contribution in [0, 0.1) is 10.1 Å². The summed E-state index contributed by atoms with van der Waals surface area (Å²) < 4.78 is 0. The molecule has 0 aliphatic heterocycles. The molecule has 3 N–H and O–H groups in total. The first kappa shape index (κ1) is 10.4. The van der Waals surface area contributed by atoms with Crippen molar-refractivity contribution in [2.45, 2.75) is 0 Å². The van der Waals surface area contributed by atoms with E-state index in [1.54, 1.807) is 6.07 Å². The largest absolute Gasteiger partial charge is 0.369 e. The summed E-state index contributed by atoms with van der Waals surface area (Å²) >= 11 is 5.92. The van der Waals surface area contributed by atoms with Gasteiger partial charge in [-0.05, 0) is 6.07 Å². The minimum absolute atomic E-state index is 0.0869. The summed E-state index contributed by atoms with van der Waals surface area (Å²) in [6.45, 7) is 0. The summed E-state index contributed by atoms with van der Waals surface area (Å²) in [6.07, 6.45) is 1.41. The van der Waals surface area contributed by atoms with E-state index in [0.717, 1.165) is 0 Å². The van der Waals surface area contributed by atoms with Crippen LogP contribution in [-0.2, 0) is 0 Å². The number of nitrogens with two attached hydrogens (primary N) is 1. The molecule has 1 heterocycles. The van der Waals surface area contributed by atoms with Crippen molar-refractivity contribution in [1.82, 2.24) is 9.97 Å². The Morgan fingerprint density at radius 2 is 2.25 bits per heavy atom. The zero-order valence-corrected chi connectivity index (χ0v) is 8.73. The highest BCUT2D eigenvalue weighted by atomic mass is 35.5. The van der Waals surface area contributed by atoms with E-state index in [0.29, 0.717) is 11.3 Å². The first-order valence-electron chi connectivity index (χ1n) is 4.33. The highest BCUT2D eigenvalue weighted by molar-refractivity contribution is 6.33. The van der Waals surface area contributed by atoms with Crippen LogP contribution in [-0.4, -0.2) is 14.9 Å². The van der Waals surface area contributed by atoms with E-state index in [4.69, 9.17) is 17.3 Å². The van der Waals surface area contributed by atoms with Gasteiger partial charge in [-0.15, -0.1) is 0 Å². The van der Waals surface area contributed by atoms with Gasteiger partial charge in [-0.3, -0.25) is 10.1 Å². The molecule has 7 heteroatoms. The Morgan fingerprint density at radius 3 is 2.81 bits per heavy atom. The summed E-state index contributed by atoms with van der Waals surface area (Å²) in [5.74, 6) is 0.184. The fraction of sp³-hybridized carbons (Fsp3) is 0. The molecule has 6 nitrogen and oxygen atoms in total. The lowest BCUT2D eigenvalue weighted by Crippen LogP contribution is -1.93. The minimum atomic E-state index is -0.502. The van der Waals surface area contributed by atoms with Gasteiger partial charge >= 0.3 is 0 Å². The molecule has 0 fully saturated rings. The Hall–Kier alpha value is -2.08. The van der Waals surface area contributed by atoms with Gasteiger partial charge in [-0.2, -0.15) is 0 Å². The van der Waals surface area contributed by atoms with Gasteiger partial charge in [-0.1, -0.05) is 17.7 Å². The maximum atomic E-state index is 10.8. The molecule has 0 radical (unpaired) electrons. The number of nitro groups is 1. The van der Waals surface area contributed by atoms with E-state index < -0.39 is 4.92 Å². The van der Waals surface area contributed by atoms with Crippen molar-refractivity contribution in [3.63, 3.8) is 0 Å². The smallest absolute Gasteiger partial charge is 0.280 e. The highest BCUT2D eigenvalue weighted by Crippen LogP contribution is 2.35. The van der Waals surface area contributed by atoms with Crippen molar-refractivity contribution in [1.29, 1.82) is 0 Å². The number of rotatable bonds is 2. The first-order chi connectivity index (χ1) is 7.59. The number of benzene rings is 1. The predicted molar refractivity (Wildman–Crippen MR) is 60.1 cm³/mol. The summed E-state index contributed by atoms with van der Waals surface area (Å²) in [5.41, 5.74) is 6.04. The molecule has 1 aromatic heterocycles. The molecule has 16 heavy (non-hydrogen) atoms. The van der Waals surface area contributed by atoms with Gasteiger partial charge in [0.15, 0.2) is 5.95 Å². The number of H-pyrrole nitrogens is 1. The van der Waals surface area contributed by atoms with Crippen molar-refractivity contribution in [2.24, 2.45) is 0 Å². The van der Waals surface area contributed by atoms with Crippen LogP contribution < -0.4 is 5.73 Å². The highest BCUT2D eigenvalue weighted by Gasteiger charge is 2.19. The van der Waals surface area contributed by atoms with Crippen molar-refractivity contribution < 1.29 is 4.92 Å². The number of hydrogen-bond acceptors (Lipinski definition) is 4. The van der Waals surface area contributed by atoms with Gasteiger partial charge in [0.05, 0.1) is 27.4 Å². The van der Waals surface area contributed by atoms with Crippen LogP contribution in [0.5, 0.6) is 0 Å². The molecule has 0 atom stereocenters. The fourth-order valence-corrected chi connectivity index (χ4v) is 1.67. The van der Waals surface area contributed by atoms with Gasteiger partial charge in [0.25, 0.3) is 5.69 Å². The monoisotopic (exact) mass is 238 g/mol. The Balaban J connectivity index is 2.67. The number of halogens is 1. The topological polar surface area (TPSA) is 97.8 Å². The second kappa shape index (κ2) is 3.82. The zero-order chi connectivity index (χ0) is 11.7. The van der Waals surface area contributed by atoms with Crippen molar-refractivity contribution >= 4 is 23.2 Å². The van der Waals surface area contributed by atoms with Crippen LogP contribution in [0.2, 0.25) is 5.02 Å².